The monoisotopic (exact) mass is 341 g/mol. The third-order valence-electron chi connectivity index (χ3n) is 2.75. The lowest BCUT2D eigenvalue weighted by molar-refractivity contribution is 0.129. The molecule has 106 valence electrons. The maximum atomic E-state index is 11.8. The Bertz CT molecular complexity index is 701. The summed E-state index contributed by atoms with van der Waals surface area (Å²) >= 11 is 3.11. The van der Waals surface area contributed by atoms with Crippen molar-refractivity contribution in [3.05, 3.63) is 44.9 Å². The molecule has 1 amide bonds. The summed E-state index contributed by atoms with van der Waals surface area (Å²) in [6, 6.07) is 3.29. The first kappa shape index (κ1) is 14.5. The van der Waals surface area contributed by atoms with Crippen LogP contribution in [0.15, 0.2) is 33.8 Å². The predicted molar refractivity (Wildman–Crippen MR) is 74.7 cm³/mol. The second-order valence-corrected chi connectivity index (χ2v) is 4.96. The van der Waals surface area contributed by atoms with E-state index in [-0.39, 0.29) is 25.3 Å². The summed E-state index contributed by atoms with van der Waals surface area (Å²) < 4.78 is 1.72. The van der Waals surface area contributed by atoms with Crippen LogP contribution >= 0.6 is 15.9 Å². The van der Waals surface area contributed by atoms with Gasteiger partial charge in [-0.15, -0.1) is 0 Å². The number of pyridine rings is 1. The van der Waals surface area contributed by atoms with Gasteiger partial charge in [-0.3, -0.25) is 9.20 Å². The standard InChI is InChI=1S/C12H12BrN3O4/c13-9-6-14-10-5-8(1-2-16(10)11(9)18)7-15(3-4-17)12(19)20/h1-2,5-6,17H,3-4,7H2,(H,19,20). The van der Waals surface area contributed by atoms with E-state index in [9.17, 15) is 9.59 Å². The number of amides is 1. The van der Waals surface area contributed by atoms with Gasteiger partial charge in [0, 0.05) is 25.5 Å². The second kappa shape index (κ2) is 6.02. The van der Waals surface area contributed by atoms with Gasteiger partial charge in [0.1, 0.15) is 10.1 Å². The molecule has 0 aromatic carbocycles. The number of aliphatic hydroxyl groups excluding tert-OH is 1. The summed E-state index contributed by atoms with van der Waals surface area (Å²) in [6.07, 6.45) is 1.84. The van der Waals surface area contributed by atoms with Crippen LogP contribution in [0, 0.1) is 0 Å². The van der Waals surface area contributed by atoms with Gasteiger partial charge in [0.2, 0.25) is 0 Å². The number of nitrogens with zero attached hydrogens (tertiary/aromatic N) is 3. The summed E-state index contributed by atoms with van der Waals surface area (Å²) in [6.45, 7) is -0.0933. The smallest absolute Gasteiger partial charge is 0.407 e. The van der Waals surface area contributed by atoms with E-state index in [1.165, 1.54) is 10.6 Å². The zero-order valence-corrected chi connectivity index (χ0v) is 11.9. The van der Waals surface area contributed by atoms with Crippen molar-refractivity contribution in [1.82, 2.24) is 14.3 Å². The highest BCUT2D eigenvalue weighted by Crippen LogP contribution is 2.09. The predicted octanol–water partition coefficient (Wildman–Crippen LogP) is 0.929. The molecule has 20 heavy (non-hydrogen) atoms. The fraction of sp³-hybridized carbons (Fsp3) is 0.250. The molecule has 2 rings (SSSR count). The van der Waals surface area contributed by atoms with Crippen molar-refractivity contribution in [1.29, 1.82) is 0 Å². The van der Waals surface area contributed by atoms with Crippen molar-refractivity contribution in [2.45, 2.75) is 6.54 Å². The van der Waals surface area contributed by atoms with Gasteiger partial charge < -0.3 is 15.1 Å². The van der Waals surface area contributed by atoms with Gasteiger partial charge in [0.15, 0.2) is 0 Å². The Hall–Kier alpha value is -1.93. The van der Waals surface area contributed by atoms with Crippen molar-refractivity contribution >= 4 is 27.7 Å². The third-order valence-corrected chi connectivity index (χ3v) is 3.29. The topological polar surface area (TPSA) is 95.1 Å². The number of carboxylic acid groups (broad SMARTS) is 1. The molecule has 2 aromatic heterocycles. The first-order valence-corrected chi connectivity index (χ1v) is 6.56. The molecule has 0 bridgehead atoms. The fourth-order valence-electron chi connectivity index (χ4n) is 1.78. The number of aliphatic hydroxyl groups is 1. The van der Waals surface area contributed by atoms with Crippen LogP contribution in [0.3, 0.4) is 0 Å². The largest absolute Gasteiger partial charge is 0.465 e. The lowest BCUT2D eigenvalue weighted by Crippen LogP contribution is -2.31. The van der Waals surface area contributed by atoms with E-state index in [1.807, 2.05) is 0 Å². The number of aromatic nitrogens is 2. The average molecular weight is 342 g/mol. The minimum Gasteiger partial charge on any atom is -0.465 e. The van der Waals surface area contributed by atoms with Crippen molar-refractivity contribution in [2.75, 3.05) is 13.2 Å². The zero-order chi connectivity index (χ0) is 14.7. The highest BCUT2D eigenvalue weighted by atomic mass is 79.9. The summed E-state index contributed by atoms with van der Waals surface area (Å²) in [4.78, 5) is 28.0. The van der Waals surface area contributed by atoms with Gasteiger partial charge in [-0.25, -0.2) is 9.78 Å². The van der Waals surface area contributed by atoms with Crippen LogP contribution in [0.1, 0.15) is 5.56 Å². The quantitative estimate of drug-likeness (QED) is 0.862. The van der Waals surface area contributed by atoms with Crippen LogP contribution in [0.5, 0.6) is 0 Å². The minimum absolute atomic E-state index is 0.0289. The van der Waals surface area contributed by atoms with Crippen LogP contribution in [0.4, 0.5) is 4.79 Å². The number of rotatable bonds is 4. The highest BCUT2D eigenvalue weighted by molar-refractivity contribution is 9.10. The normalized spacial score (nSPS) is 10.7. The maximum absolute atomic E-state index is 11.8. The maximum Gasteiger partial charge on any atom is 0.407 e. The molecule has 0 spiro atoms. The summed E-state index contributed by atoms with van der Waals surface area (Å²) in [7, 11) is 0. The van der Waals surface area contributed by atoms with Crippen molar-refractivity contribution in [3.8, 4) is 0 Å². The first-order chi connectivity index (χ1) is 9.52. The molecular weight excluding hydrogens is 330 g/mol. The fourth-order valence-corrected chi connectivity index (χ4v) is 2.07. The van der Waals surface area contributed by atoms with Crippen molar-refractivity contribution in [3.63, 3.8) is 0 Å². The molecule has 0 aliphatic rings. The number of hydrogen-bond acceptors (Lipinski definition) is 4. The van der Waals surface area contributed by atoms with E-state index in [1.54, 1.807) is 18.3 Å². The summed E-state index contributed by atoms with van der Waals surface area (Å²) in [5, 5.41) is 17.8. The SMILES string of the molecule is O=C(O)N(CCO)Cc1ccn2c(=O)c(Br)cnc2c1. The van der Waals surface area contributed by atoms with E-state index in [0.29, 0.717) is 15.7 Å². The van der Waals surface area contributed by atoms with Crippen LogP contribution < -0.4 is 5.56 Å². The molecular formula is C12H12BrN3O4. The van der Waals surface area contributed by atoms with Gasteiger partial charge in [0.25, 0.3) is 5.56 Å². The first-order valence-electron chi connectivity index (χ1n) is 5.77. The Labute approximate surface area is 122 Å². The molecule has 2 heterocycles. The third kappa shape index (κ3) is 2.97. The van der Waals surface area contributed by atoms with Crippen molar-refractivity contribution in [2.24, 2.45) is 0 Å². The van der Waals surface area contributed by atoms with E-state index in [2.05, 4.69) is 20.9 Å². The van der Waals surface area contributed by atoms with E-state index < -0.39 is 6.09 Å². The van der Waals surface area contributed by atoms with Gasteiger partial charge in [-0.05, 0) is 33.6 Å². The molecule has 8 heteroatoms. The Morgan fingerprint density at radius 2 is 2.25 bits per heavy atom. The summed E-state index contributed by atoms with van der Waals surface area (Å²) in [5.41, 5.74) is 0.895. The Balaban J connectivity index is 2.35. The van der Waals surface area contributed by atoms with Crippen molar-refractivity contribution < 1.29 is 15.0 Å². The van der Waals surface area contributed by atoms with Crippen LogP contribution in [0.25, 0.3) is 5.65 Å². The Kier molecular flexibility index (Phi) is 4.35. The van der Waals surface area contributed by atoms with Gasteiger partial charge in [-0.1, -0.05) is 0 Å². The molecule has 7 nitrogen and oxygen atoms in total. The molecule has 0 atom stereocenters. The van der Waals surface area contributed by atoms with E-state index in [4.69, 9.17) is 10.2 Å². The molecule has 0 saturated carbocycles. The Morgan fingerprint density at radius 3 is 2.90 bits per heavy atom. The van der Waals surface area contributed by atoms with E-state index >= 15 is 0 Å². The highest BCUT2D eigenvalue weighted by Gasteiger charge is 2.12. The molecule has 0 aliphatic carbocycles. The molecule has 0 unspecified atom stereocenters. The molecule has 2 N–H and O–H groups in total. The van der Waals surface area contributed by atoms with Crippen LogP contribution in [-0.4, -0.2) is 43.7 Å². The molecule has 0 fully saturated rings. The Morgan fingerprint density at radius 1 is 1.50 bits per heavy atom. The zero-order valence-electron chi connectivity index (χ0n) is 10.4. The van der Waals surface area contributed by atoms with Gasteiger partial charge >= 0.3 is 6.09 Å². The number of halogens is 1. The average Bonchev–Trinajstić information content (AvgIpc) is 2.42. The number of carbonyl (C=O) groups is 1. The molecule has 0 saturated heterocycles. The molecule has 0 radical (unpaired) electrons. The van der Waals surface area contributed by atoms with Gasteiger partial charge in [-0.2, -0.15) is 0 Å². The van der Waals surface area contributed by atoms with Crippen LogP contribution in [0.2, 0.25) is 0 Å². The lowest BCUT2D eigenvalue weighted by atomic mass is 10.2. The number of hydrogen-bond donors (Lipinski definition) is 2. The number of fused-ring (bicyclic) bond motifs is 1. The lowest BCUT2D eigenvalue weighted by Gasteiger charge is -2.18. The van der Waals surface area contributed by atoms with Gasteiger partial charge in [0.05, 0.1) is 6.61 Å². The minimum atomic E-state index is -1.11. The molecule has 0 aliphatic heterocycles. The van der Waals surface area contributed by atoms with Crippen LogP contribution in [-0.2, 0) is 6.54 Å². The summed E-state index contributed by atoms with van der Waals surface area (Å²) in [5.74, 6) is 0. The second-order valence-electron chi connectivity index (χ2n) is 4.10. The molecule has 2 aromatic rings. The van der Waals surface area contributed by atoms with E-state index in [0.717, 1.165) is 4.90 Å².